The van der Waals surface area contributed by atoms with E-state index in [0.29, 0.717) is 10.6 Å². The molecule has 1 aromatic rings. The summed E-state index contributed by atoms with van der Waals surface area (Å²) in [5.74, 6) is 0. The lowest BCUT2D eigenvalue weighted by atomic mass is 9.99. The molecule has 1 aromatic heterocycles. The Kier molecular flexibility index (Phi) is 2.04. The minimum atomic E-state index is 0.133. The van der Waals surface area contributed by atoms with Gasteiger partial charge in [-0.05, 0) is 18.3 Å². The molecule has 1 unspecified atom stereocenters. The maximum atomic E-state index is 6.12. The van der Waals surface area contributed by atoms with E-state index in [2.05, 4.69) is 11.9 Å². The minimum absolute atomic E-state index is 0.133. The van der Waals surface area contributed by atoms with Crippen LogP contribution in [-0.4, -0.2) is 12.1 Å². The summed E-state index contributed by atoms with van der Waals surface area (Å²) in [6.45, 7) is 2.23. The van der Waals surface area contributed by atoms with Crippen molar-refractivity contribution in [1.82, 2.24) is 4.98 Å². The second kappa shape index (κ2) is 2.96. The predicted octanol–water partition coefficient (Wildman–Crippen LogP) is 1.95. The van der Waals surface area contributed by atoms with E-state index in [1.807, 2.05) is 6.20 Å². The largest absolute Gasteiger partial charge is 0.473 e. The average molecular weight is 198 g/mol. The molecule has 0 spiro atoms. The van der Waals surface area contributed by atoms with E-state index in [-0.39, 0.29) is 6.04 Å². The van der Waals surface area contributed by atoms with Crippen LogP contribution in [0.4, 0.5) is 0 Å². The minimum Gasteiger partial charge on any atom is -0.473 e. The van der Waals surface area contributed by atoms with Crippen LogP contribution >= 0.6 is 11.3 Å². The predicted molar refractivity (Wildman–Crippen MR) is 52.9 cm³/mol. The summed E-state index contributed by atoms with van der Waals surface area (Å²) < 4.78 is 5.03. The van der Waals surface area contributed by atoms with Crippen LogP contribution < -0.4 is 10.5 Å². The van der Waals surface area contributed by atoms with Crippen molar-refractivity contribution in [2.75, 3.05) is 7.11 Å². The molecular formula is C9H14N2OS. The van der Waals surface area contributed by atoms with Crippen LogP contribution in [0.15, 0.2) is 6.20 Å². The Balaban J connectivity index is 2.15. The van der Waals surface area contributed by atoms with Gasteiger partial charge in [0.25, 0.3) is 5.19 Å². The van der Waals surface area contributed by atoms with Crippen molar-refractivity contribution in [2.24, 2.45) is 11.1 Å². The maximum absolute atomic E-state index is 6.12. The summed E-state index contributed by atoms with van der Waals surface area (Å²) in [4.78, 5) is 5.25. The SMILES string of the molecule is COc1ncc(C(N)C2(C)CC2)s1. The van der Waals surface area contributed by atoms with E-state index in [9.17, 15) is 0 Å². The normalized spacial score (nSPS) is 21.2. The zero-order chi connectivity index (χ0) is 9.47. The molecule has 0 radical (unpaired) electrons. The van der Waals surface area contributed by atoms with Crippen LogP contribution in [0.3, 0.4) is 0 Å². The zero-order valence-electron chi connectivity index (χ0n) is 7.91. The van der Waals surface area contributed by atoms with E-state index in [4.69, 9.17) is 10.5 Å². The standard InChI is InChI=1S/C9H14N2OS/c1-9(3-4-9)7(10)6-5-11-8(12-2)13-6/h5,7H,3-4,10H2,1-2H3. The first-order valence-electron chi connectivity index (χ1n) is 4.41. The summed E-state index contributed by atoms with van der Waals surface area (Å²) >= 11 is 1.55. The van der Waals surface area contributed by atoms with E-state index < -0.39 is 0 Å². The molecular weight excluding hydrogens is 184 g/mol. The third-order valence-corrected chi connectivity index (χ3v) is 3.81. The van der Waals surface area contributed by atoms with Crippen molar-refractivity contribution in [3.8, 4) is 5.19 Å². The van der Waals surface area contributed by atoms with Crippen LogP contribution in [0.5, 0.6) is 5.19 Å². The number of nitrogens with two attached hydrogens (primary N) is 1. The fourth-order valence-electron chi connectivity index (χ4n) is 1.36. The Labute approximate surface area is 81.9 Å². The van der Waals surface area contributed by atoms with Crippen LogP contribution in [0.2, 0.25) is 0 Å². The molecule has 1 aliphatic rings. The van der Waals surface area contributed by atoms with Crippen molar-refractivity contribution in [3.63, 3.8) is 0 Å². The van der Waals surface area contributed by atoms with Crippen molar-refractivity contribution in [2.45, 2.75) is 25.8 Å². The lowest BCUT2D eigenvalue weighted by molar-refractivity contribution is 0.412. The third kappa shape index (κ3) is 1.56. The number of rotatable bonds is 3. The Bertz CT molecular complexity index is 306. The van der Waals surface area contributed by atoms with Gasteiger partial charge < -0.3 is 10.5 Å². The average Bonchev–Trinajstić information content (AvgIpc) is 2.71. The van der Waals surface area contributed by atoms with Crippen LogP contribution in [0.1, 0.15) is 30.7 Å². The number of thiazole rings is 1. The van der Waals surface area contributed by atoms with Crippen LogP contribution in [0, 0.1) is 5.41 Å². The second-order valence-electron chi connectivity index (χ2n) is 3.86. The second-order valence-corrected chi connectivity index (χ2v) is 4.89. The molecule has 1 aliphatic carbocycles. The van der Waals surface area contributed by atoms with Crippen molar-refractivity contribution in [1.29, 1.82) is 0 Å². The fourth-order valence-corrected chi connectivity index (χ4v) is 2.27. The molecule has 0 aromatic carbocycles. The Morgan fingerprint density at radius 1 is 1.69 bits per heavy atom. The molecule has 2 N–H and O–H groups in total. The highest BCUT2D eigenvalue weighted by atomic mass is 32.1. The quantitative estimate of drug-likeness (QED) is 0.807. The summed E-state index contributed by atoms with van der Waals surface area (Å²) in [6, 6.07) is 0.133. The van der Waals surface area contributed by atoms with Gasteiger partial charge in [-0.25, -0.2) is 4.98 Å². The van der Waals surface area contributed by atoms with Gasteiger partial charge >= 0.3 is 0 Å². The van der Waals surface area contributed by atoms with Gasteiger partial charge in [-0.2, -0.15) is 0 Å². The number of nitrogens with zero attached hydrogens (tertiary/aromatic N) is 1. The summed E-state index contributed by atoms with van der Waals surface area (Å²) in [5.41, 5.74) is 6.43. The highest BCUT2D eigenvalue weighted by Gasteiger charge is 2.44. The molecule has 0 saturated heterocycles. The Hall–Kier alpha value is -0.610. The molecule has 3 nitrogen and oxygen atoms in total. The van der Waals surface area contributed by atoms with Gasteiger partial charge in [0.15, 0.2) is 0 Å². The monoisotopic (exact) mass is 198 g/mol. The molecule has 1 atom stereocenters. The Morgan fingerprint density at radius 2 is 2.38 bits per heavy atom. The van der Waals surface area contributed by atoms with Crippen LogP contribution in [0.25, 0.3) is 0 Å². The lowest BCUT2D eigenvalue weighted by Crippen LogP contribution is -2.18. The van der Waals surface area contributed by atoms with Crippen LogP contribution in [-0.2, 0) is 0 Å². The fraction of sp³-hybridized carbons (Fsp3) is 0.667. The summed E-state index contributed by atoms with van der Waals surface area (Å²) in [7, 11) is 1.63. The molecule has 4 heteroatoms. The van der Waals surface area contributed by atoms with Gasteiger partial charge in [0.05, 0.1) is 7.11 Å². The summed E-state index contributed by atoms with van der Waals surface area (Å²) in [6.07, 6.45) is 4.29. The molecule has 0 bridgehead atoms. The van der Waals surface area contributed by atoms with E-state index >= 15 is 0 Å². The van der Waals surface area contributed by atoms with E-state index in [0.717, 1.165) is 4.88 Å². The van der Waals surface area contributed by atoms with Gasteiger partial charge in [-0.3, -0.25) is 0 Å². The molecule has 1 heterocycles. The summed E-state index contributed by atoms with van der Waals surface area (Å²) in [5, 5.41) is 0.703. The number of ether oxygens (including phenoxy) is 1. The van der Waals surface area contributed by atoms with Gasteiger partial charge in [-0.1, -0.05) is 18.3 Å². The molecule has 1 fully saturated rings. The molecule has 0 aliphatic heterocycles. The van der Waals surface area contributed by atoms with Gasteiger partial charge in [0.2, 0.25) is 0 Å². The topological polar surface area (TPSA) is 48.1 Å². The lowest BCUT2D eigenvalue weighted by Gasteiger charge is -2.15. The number of hydrogen-bond acceptors (Lipinski definition) is 4. The first-order chi connectivity index (χ1) is 6.15. The molecule has 72 valence electrons. The highest BCUT2D eigenvalue weighted by molar-refractivity contribution is 7.13. The van der Waals surface area contributed by atoms with E-state index in [1.54, 1.807) is 18.4 Å². The molecule has 2 rings (SSSR count). The Morgan fingerprint density at radius 3 is 2.85 bits per heavy atom. The van der Waals surface area contributed by atoms with Crippen molar-refractivity contribution in [3.05, 3.63) is 11.1 Å². The van der Waals surface area contributed by atoms with Gasteiger partial charge in [0.1, 0.15) is 0 Å². The molecule has 0 amide bonds. The zero-order valence-corrected chi connectivity index (χ0v) is 8.73. The van der Waals surface area contributed by atoms with Crippen molar-refractivity contribution < 1.29 is 4.74 Å². The number of aromatic nitrogens is 1. The highest BCUT2D eigenvalue weighted by Crippen LogP contribution is 2.54. The first kappa shape index (κ1) is 8.97. The first-order valence-corrected chi connectivity index (χ1v) is 5.23. The van der Waals surface area contributed by atoms with Gasteiger partial charge in [0, 0.05) is 17.1 Å². The maximum Gasteiger partial charge on any atom is 0.273 e. The smallest absolute Gasteiger partial charge is 0.273 e. The van der Waals surface area contributed by atoms with Gasteiger partial charge in [-0.15, -0.1) is 0 Å². The van der Waals surface area contributed by atoms with E-state index in [1.165, 1.54) is 12.8 Å². The van der Waals surface area contributed by atoms with Crippen molar-refractivity contribution >= 4 is 11.3 Å². The number of methoxy groups -OCH3 is 1. The number of hydrogen-bond donors (Lipinski definition) is 1. The molecule has 13 heavy (non-hydrogen) atoms. The molecule has 1 saturated carbocycles. The third-order valence-electron chi connectivity index (χ3n) is 2.77.